The second-order valence-corrected chi connectivity index (χ2v) is 5.56. The molecule has 21 heavy (non-hydrogen) atoms. The van der Waals surface area contributed by atoms with Crippen LogP contribution in [0.4, 0.5) is 0 Å². The van der Waals surface area contributed by atoms with Gasteiger partial charge in [0, 0.05) is 32.7 Å². The Bertz CT molecular complexity index is 462. The minimum Gasteiger partial charge on any atom is -0.484 e. The van der Waals surface area contributed by atoms with E-state index >= 15 is 0 Å². The lowest BCUT2D eigenvalue weighted by Crippen LogP contribution is -2.50. The fourth-order valence-corrected chi connectivity index (χ4v) is 2.61. The standard InChI is InChI=1S/C16H24N2O3/c1-13-9-14(2)11-15(10-13)21-12-16(20)18-5-3-17(4-6-18)7-8-19/h9-11,19H,3-8,12H2,1-2H3. The third-order valence-corrected chi connectivity index (χ3v) is 3.70. The zero-order valence-corrected chi connectivity index (χ0v) is 12.8. The van der Waals surface area contributed by atoms with Crippen LogP contribution in [0, 0.1) is 13.8 Å². The van der Waals surface area contributed by atoms with Crippen molar-refractivity contribution >= 4 is 5.91 Å². The van der Waals surface area contributed by atoms with Gasteiger partial charge in [-0.3, -0.25) is 9.69 Å². The normalized spacial score (nSPS) is 16.0. The van der Waals surface area contributed by atoms with Crippen LogP contribution < -0.4 is 4.74 Å². The molecule has 0 aliphatic carbocycles. The van der Waals surface area contributed by atoms with Crippen LogP contribution in [0.1, 0.15) is 11.1 Å². The van der Waals surface area contributed by atoms with Gasteiger partial charge in [0.25, 0.3) is 5.91 Å². The van der Waals surface area contributed by atoms with E-state index in [0.717, 1.165) is 30.0 Å². The molecule has 1 heterocycles. The summed E-state index contributed by atoms with van der Waals surface area (Å²) >= 11 is 0. The van der Waals surface area contributed by atoms with Crippen LogP contribution >= 0.6 is 0 Å². The van der Waals surface area contributed by atoms with Gasteiger partial charge in [-0.25, -0.2) is 0 Å². The highest BCUT2D eigenvalue weighted by molar-refractivity contribution is 5.77. The fraction of sp³-hybridized carbons (Fsp3) is 0.562. The molecule has 5 heteroatoms. The highest BCUT2D eigenvalue weighted by atomic mass is 16.5. The number of rotatable bonds is 5. The van der Waals surface area contributed by atoms with E-state index in [4.69, 9.17) is 9.84 Å². The SMILES string of the molecule is Cc1cc(C)cc(OCC(=O)N2CCN(CCO)CC2)c1. The highest BCUT2D eigenvalue weighted by Crippen LogP contribution is 2.16. The van der Waals surface area contributed by atoms with Crippen molar-refractivity contribution in [3.8, 4) is 5.75 Å². The van der Waals surface area contributed by atoms with E-state index in [1.165, 1.54) is 0 Å². The van der Waals surface area contributed by atoms with Crippen LogP contribution in [0.3, 0.4) is 0 Å². The molecular weight excluding hydrogens is 268 g/mol. The zero-order valence-electron chi connectivity index (χ0n) is 12.8. The molecule has 5 nitrogen and oxygen atoms in total. The maximum Gasteiger partial charge on any atom is 0.260 e. The van der Waals surface area contributed by atoms with Crippen LogP contribution in [0.2, 0.25) is 0 Å². The number of aliphatic hydroxyl groups is 1. The summed E-state index contributed by atoms with van der Waals surface area (Å²) < 4.78 is 5.61. The third kappa shape index (κ3) is 4.72. The first-order valence-electron chi connectivity index (χ1n) is 7.40. The molecule has 1 aromatic rings. The summed E-state index contributed by atoms with van der Waals surface area (Å²) in [4.78, 5) is 16.1. The molecule has 116 valence electrons. The summed E-state index contributed by atoms with van der Waals surface area (Å²) in [5.41, 5.74) is 2.27. The number of benzene rings is 1. The van der Waals surface area contributed by atoms with Gasteiger partial charge in [0.2, 0.25) is 0 Å². The first-order chi connectivity index (χ1) is 10.1. The summed E-state index contributed by atoms with van der Waals surface area (Å²) in [6, 6.07) is 5.97. The smallest absolute Gasteiger partial charge is 0.260 e. The molecule has 1 aromatic carbocycles. The van der Waals surface area contributed by atoms with E-state index in [9.17, 15) is 4.79 Å². The predicted molar refractivity (Wildman–Crippen MR) is 81.5 cm³/mol. The van der Waals surface area contributed by atoms with Crippen molar-refractivity contribution in [1.29, 1.82) is 0 Å². The van der Waals surface area contributed by atoms with E-state index < -0.39 is 0 Å². The number of aliphatic hydroxyl groups excluding tert-OH is 1. The lowest BCUT2D eigenvalue weighted by Gasteiger charge is -2.34. The van der Waals surface area contributed by atoms with E-state index in [1.54, 1.807) is 0 Å². The first kappa shape index (κ1) is 15.8. The molecule has 0 radical (unpaired) electrons. The summed E-state index contributed by atoms with van der Waals surface area (Å²) in [6.45, 7) is 8.01. The van der Waals surface area contributed by atoms with Crippen LogP contribution in [-0.4, -0.2) is 66.8 Å². The lowest BCUT2D eigenvalue weighted by atomic mass is 10.1. The summed E-state index contributed by atoms with van der Waals surface area (Å²) in [6.07, 6.45) is 0. The van der Waals surface area contributed by atoms with Crippen molar-refractivity contribution < 1.29 is 14.6 Å². The molecule has 0 bridgehead atoms. The van der Waals surface area contributed by atoms with E-state index in [-0.39, 0.29) is 19.1 Å². The quantitative estimate of drug-likeness (QED) is 0.873. The topological polar surface area (TPSA) is 53.0 Å². The molecule has 1 aliphatic heterocycles. The average molecular weight is 292 g/mol. The molecule has 0 aromatic heterocycles. The number of carbonyl (C=O) groups is 1. The Hall–Kier alpha value is -1.59. The number of β-amino-alcohol motifs (C(OH)–C–C–N with tert-alkyl or cyclic N) is 1. The molecule has 2 rings (SSSR count). The van der Waals surface area contributed by atoms with Gasteiger partial charge in [0.15, 0.2) is 6.61 Å². The van der Waals surface area contributed by atoms with Gasteiger partial charge in [0.05, 0.1) is 6.61 Å². The predicted octanol–water partition coefficient (Wildman–Crippen LogP) is 0.819. The number of ether oxygens (including phenoxy) is 1. The largest absolute Gasteiger partial charge is 0.484 e. The maximum atomic E-state index is 12.1. The Morgan fingerprint density at radius 2 is 1.76 bits per heavy atom. The van der Waals surface area contributed by atoms with Crippen molar-refractivity contribution in [3.05, 3.63) is 29.3 Å². The molecule has 1 amide bonds. The number of piperazine rings is 1. The molecule has 1 saturated heterocycles. The van der Waals surface area contributed by atoms with Gasteiger partial charge in [-0.2, -0.15) is 0 Å². The number of aryl methyl sites for hydroxylation is 2. The minimum absolute atomic E-state index is 0.0257. The van der Waals surface area contributed by atoms with Gasteiger partial charge in [-0.05, 0) is 37.1 Å². The Balaban J connectivity index is 1.80. The van der Waals surface area contributed by atoms with Gasteiger partial charge in [0.1, 0.15) is 5.75 Å². The number of hydrogen-bond acceptors (Lipinski definition) is 4. The summed E-state index contributed by atoms with van der Waals surface area (Å²) in [5, 5.41) is 8.91. The number of hydrogen-bond donors (Lipinski definition) is 1. The van der Waals surface area contributed by atoms with Crippen molar-refractivity contribution in [3.63, 3.8) is 0 Å². The van der Waals surface area contributed by atoms with Gasteiger partial charge in [-0.15, -0.1) is 0 Å². The van der Waals surface area contributed by atoms with Crippen LogP contribution in [0.5, 0.6) is 5.75 Å². The second kappa shape index (κ2) is 7.43. The fourth-order valence-electron chi connectivity index (χ4n) is 2.61. The molecule has 0 atom stereocenters. The zero-order chi connectivity index (χ0) is 15.2. The van der Waals surface area contributed by atoms with Crippen molar-refractivity contribution in [2.75, 3.05) is 45.9 Å². The van der Waals surface area contributed by atoms with Crippen molar-refractivity contribution in [2.45, 2.75) is 13.8 Å². The monoisotopic (exact) mass is 292 g/mol. The Labute approximate surface area is 126 Å². The number of amides is 1. The Morgan fingerprint density at radius 1 is 1.14 bits per heavy atom. The Kier molecular flexibility index (Phi) is 5.59. The van der Waals surface area contributed by atoms with Crippen LogP contribution in [0.15, 0.2) is 18.2 Å². The molecule has 1 fully saturated rings. The lowest BCUT2D eigenvalue weighted by molar-refractivity contribution is -0.135. The first-order valence-corrected chi connectivity index (χ1v) is 7.40. The summed E-state index contributed by atoms with van der Waals surface area (Å²) in [5.74, 6) is 0.776. The van der Waals surface area contributed by atoms with E-state index in [2.05, 4.69) is 11.0 Å². The number of nitrogens with zero attached hydrogens (tertiary/aromatic N) is 2. The summed E-state index contributed by atoms with van der Waals surface area (Å²) in [7, 11) is 0. The van der Waals surface area contributed by atoms with Crippen LogP contribution in [-0.2, 0) is 4.79 Å². The van der Waals surface area contributed by atoms with Gasteiger partial charge >= 0.3 is 0 Å². The van der Waals surface area contributed by atoms with Crippen LogP contribution in [0.25, 0.3) is 0 Å². The number of carbonyl (C=O) groups excluding carboxylic acids is 1. The van der Waals surface area contributed by atoms with Crippen molar-refractivity contribution in [1.82, 2.24) is 9.80 Å². The Morgan fingerprint density at radius 3 is 2.33 bits per heavy atom. The van der Waals surface area contributed by atoms with E-state index in [0.29, 0.717) is 19.6 Å². The molecule has 0 saturated carbocycles. The molecule has 1 N–H and O–H groups in total. The molecule has 0 spiro atoms. The van der Waals surface area contributed by atoms with Crippen molar-refractivity contribution in [2.24, 2.45) is 0 Å². The maximum absolute atomic E-state index is 12.1. The molecule has 0 unspecified atom stereocenters. The average Bonchev–Trinajstić information content (AvgIpc) is 2.45. The molecule has 1 aliphatic rings. The molecular formula is C16H24N2O3. The minimum atomic E-state index is 0.0257. The van der Waals surface area contributed by atoms with E-state index in [1.807, 2.05) is 30.9 Å². The third-order valence-electron chi connectivity index (χ3n) is 3.70. The van der Waals surface area contributed by atoms with Gasteiger partial charge < -0.3 is 14.7 Å². The van der Waals surface area contributed by atoms with Gasteiger partial charge in [-0.1, -0.05) is 6.07 Å². The second-order valence-electron chi connectivity index (χ2n) is 5.56. The highest BCUT2D eigenvalue weighted by Gasteiger charge is 2.20.